The van der Waals surface area contributed by atoms with Gasteiger partial charge in [0.25, 0.3) is 5.91 Å². The van der Waals surface area contributed by atoms with Crippen molar-refractivity contribution >= 4 is 11.6 Å². The van der Waals surface area contributed by atoms with E-state index in [4.69, 9.17) is 10.6 Å². The van der Waals surface area contributed by atoms with Gasteiger partial charge in [-0.1, -0.05) is 87.9 Å². The number of halogens is 3. The maximum absolute atomic E-state index is 15.6. The van der Waals surface area contributed by atoms with Gasteiger partial charge in [-0.15, -0.1) is 6.58 Å². The minimum absolute atomic E-state index is 0.0905. The van der Waals surface area contributed by atoms with E-state index in [-0.39, 0.29) is 17.6 Å². The minimum Gasteiger partial charge on any atom is -0.381 e. The fraction of sp³-hybridized carbons (Fsp3) is 0.513. The zero-order valence-corrected chi connectivity index (χ0v) is 28.4. The molecule has 1 amide bonds. The Hall–Kier alpha value is -3.20. The lowest BCUT2D eigenvalue weighted by Crippen LogP contribution is -2.49. The van der Waals surface area contributed by atoms with Crippen LogP contribution in [-0.2, 0) is 22.4 Å². The standard InChI is InChI=1S/C39H54F3N3O2/c1-5-7-24-47-25-16-12-10-8-9-11-13-17-30-18-19-32(37(42)36(30)41)27-33(34(6-2)39(45-43)22-14-15-23-39)38(46)44-35-21-20-31(29(4)40)26-28(35)3/h5-6,18-21,26,29,45H,1-2,7-17,22-25,27,43H2,3-4H3,(H,44,46)/b34-33+. The van der Waals surface area contributed by atoms with Crippen LogP contribution in [0.2, 0.25) is 0 Å². The largest absolute Gasteiger partial charge is 0.381 e. The summed E-state index contributed by atoms with van der Waals surface area (Å²) < 4.78 is 50.4. The highest BCUT2D eigenvalue weighted by atomic mass is 19.2. The summed E-state index contributed by atoms with van der Waals surface area (Å²) in [5.74, 6) is 3.78. The lowest BCUT2D eigenvalue weighted by molar-refractivity contribution is -0.113. The number of nitrogens with two attached hydrogens (primary N) is 1. The summed E-state index contributed by atoms with van der Waals surface area (Å²) >= 11 is 0. The van der Waals surface area contributed by atoms with Gasteiger partial charge >= 0.3 is 0 Å². The Kier molecular flexibility index (Phi) is 15.9. The van der Waals surface area contributed by atoms with Crippen molar-refractivity contribution in [1.82, 2.24) is 5.43 Å². The number of ether oxygens (including phenoxy) is 1. The molecule has 0 aromatic heterocycles. The van der Waals surface area contributed by atoms with Crippen molar-refractivity contribution in [3.63, 3.8) is 0 Å². The van der Waals surface area contributed by atoms with Crippen LogP contribution in [0.15, 0.2) is 66.8 Å². The molecule has 1 atom stereocenters. The molecule has 0 radical (unpaired) electrons. The molecule has 1 aliphatic carbocycles. The van der Waals surface area contributed by atoms with Gasteiger partial charge in [0.05, 0.1) is 5.54 Å². The first-order chi connectivity index (χ1) is 22.7. The predicted molar refractivity (Wildman–Crippen MR) is 187 cm³/mol. The first kappa shape index (κ1) is 38.2. The Balaban J connectivity index is 1.70. The third-order valence-electron chi connectivity index (χ3n) is 9.32. The van der Waals surface area contributed by atoms with Crippen molar-refractivity contribution in [3.8, 4) is 0 Å². The lowest BCUT2D eigenvalue weighted by Gasteiger charge is -2.32. The summed E-state index contributed by atoms with van der Waals surface area (Å²) in [6, 6.07) is 8.19. The number of rotatable bonds is 21. The van der Waals surface area contributed by atoms with Crippen LogP contribution in [0, 0.1) is 18.6 Å². The summed E-state index contributed by atoms with van der Waals surface area (Å²) in [6.45, 7) is 12.4. The van der Waals surface area contributed by atoms with E-state index in [1.54, 1.807) is 43.3 Å². The van der Waals surface area contributed by atoms with E-state index in [1.807, 2.05) is 6.08 Å². The van der Waals surface area contributed by atoms with Gasteiger partial charge in [-0.3, -0.25) is 10.6 Å². The van der Waals surface area contributed by atoms with Crippen molar-refractivity contribution < 1.29 is 22.7 Å². The molecule has 1 fully saturated rings. The summed E-state index contributed by atoms with van der Waals surface area (Å²) in [5.41, 5.74) is 5.19. The summed E-state index contributed by atoms with van der Waals surface area (Å²) in [7, 11) is 0. The molecule has 8 heteroatoms. The van der Waals surface area contributed by atoms with Crippen molar-refractivity contribution in [1.29, 1.82) is 0 Å². The molecular formula is C39H54F3N3O2. The Morgan fingerprint density at radius 3 is 2.23 bits per heavy atom. The number of hydrogen-bond acceptors (Lipinski definition) is 4. The second-order valence-corrected chi connectivity index (χ2v) is 12.8. The number of carbonyl (C=O) groups is 1. The normalized spacial score (nSPS) is 15.3. The molecule has 3 rings (SSSR count). The first-order valence-electron chi connectivity index (χ1n) is 17.2. The third-order valence-corrected chi connectivity index (χ3v) is 9.32. The van der Waals surface area contributed by atoms with Crippen molar-refractivity contribution in [2.24, 2.45) is 5.84 Å². The number of nitrogens with one attached hydrogen (secondary N) is 2. The summed E-state index contributed by atoms with van der Waals surface area (Å²) in [5, 5.41) is 2.93. The number of hydrazine groups is 1. The number of alkyl halides is 1. The molecule has 1 saturated carbocycles. The number of unbranched alkanes of at least 4 members (excludes halogenated alkanes) is 6. The zero-order valence-electron chi connectivity index (χ0n) is 28.4. The smallest absolute Gasteiger partial charge is 0.252 e. The van der Waals surface area contributed by atoms with Crippen LogP contribution in [0.3, 0.4) is 0 Å². The number of anilines is 1. The maximum Gasteiger partial charge on any atom is 0.252 e. The molecule has 1 unspecified atom stereocenters. The third kappa shape index (κ3) is 10.9. The molecule has 5 nitrogen and oxygen atoms in total. The molecule has 1 aliphatic rings. The second kappa shape index (κ2) is 19.6. The average molecular weight is 654 g/mol. The Morgan fingerprint density at radius 2 is 1.62 bits per heavy atom. The molecule has 0 heterocycles. The minimum atomic E-state index is -1.15. The molecule has 47 heavy (non-hydrogen) atoms. The van der Waals surface area contributed by atoms with E-state index in [0.717, 1.165) is 77.4 Å². The number of amides is 1. The highest BCUT2D eigenvalue weighted by molar-refractivity contribution is 6.05. The second-order valence-electron chi connectivity index (χ2n) is 12.8. The monoisotopic (exact) mass is 653 g/mol. The predicted octanol–water partition coefficient (Wildman–Crippen LogP) is 9.61. The van der Waals surface area contributed by atoms with Crippen LogP contribution in [0.25, 0.3) is 0 Å². The highest BCUT2D eigenvalue weighted by Gasteiger charge is 2.38. The SMILES string of the molecule is C=CCCOCCCCCCCCCc1ccc(C/C(C(=O)Nc2ccc(C(C)F)cc2C)=C(/C=C)C2(NN)CCCC2)c(F)c1F. The van der Waals surface area contributed by atoms with Crippen molar-refractivity contribution in [2.45, 2.75) is 115 Å². The number of benzene rings is 2. The van der Waals surface area contributed by atoms with Gasteiger partial charge in [0.15, 0.2) is 11.6 Å². The van der Waals surface area contributed by atoms with Crippen LogP contribution in [0.1, 0.15) is 112 Å². The van der Waals surface area contributed by atoms with Crippen LogP contribution in [-0.4, -0.2) is 24.7 Å². The van der Waals surface area contributed by atoms with Gasteiger partial charge in [-0.05, 0) is 86.3 Å². The van der Waals surface area contributed by atoms with Gasteiger partial charge in [-0.25, -0.2) is 18.6 Å². The fourth-order valence-corrected chi connectivity index (χ4v) is 6.47. The van der Waals surface area contributed by atoms with E-state index in [2.05, 4.69) is 23.9 Å². The highest BCUT2D eigenvalue weighted by Crippen LogP contribution is 2.38. The quantitative estimate of drug-likeness (QED) is 0.0313. The van der Waals surface area contributed by atoms with E-state index in [0.29, 0.717) is 47.2 Å². The zero-order chi connectivity index (χ0) is 34.2. The molecule has 4 N–H and O–H groups in total. The average Bonchev–Trinajstić information content (AvgIpc) is 3.55. The van der Waals surface area contributed by atoms with Crippen molar-refractivity contribution in [3.05, 3.63) is 101 Å². The molecule has 0 spiro atoms. The van der Waals surface area contributed by atoms with Gasteiger partial charge in [0.2, 0.25) is 0 Å². The van der Waals surface area contributed by atoms with Crippen LogP contribution in [0.5, 0.6) is 0 Å². The van der Waals surface area contributed by atoms with Crippen LogP contribution in [0.4, 0.5) is 18.9 Å². The number of aryl methyl sites for hydroxylation is 2. The Bertz CT molecular complexity index is 1370. The molecule has 2 aromatic rings. The first-order valence-corrected chi connectivity index (χ1v) is 17.2. The van der Waals surface area contributed by atoms with Gasteiger partial charge in [0.1, 0.15) is 6.17 Å². The fourth-order valence-electron chi connectivity index (χ4n) is 6.47. The van der Waals surface area contributed by atoms with Crippen LogP contribution < -0.4 is 16.6 Å². The molecule has 0 aliphatic heterocycles. The maximum atomic E-state index is 15.6. The van der Waals surface area contributed by atoms with E-state index in [1.165, 1.54) is 6.92 Å². The van der Waals surface area contributed by atoms with E-state index < -0.39 is 29.3 Å². The molecule has 2 aromatic carbocycles. The van der Waals surface area contributed by atoms with Gasteiger partial charge in [0, 0.05) is 30.9 Å². The van der Waals surface area contributed by atoms with E-state index in [9.17, 15) is 9.18 Å². The van der Waals surface area contributed by atoms with Gasteiger partial charge < -0.3 is 10.1 Å². The summed E-state index contributed by atoms with van der Waals surface area (Å²) in [4.78, 5) is 13.9. The molecule has 0 saturated heterocycles. The summed E-state index contributed by atoms with van der Waals surface area (Å²) in [6.07, 6.45) is 13.9. The number of hydrogen-bond donors (Lipinski definition) is 3. The van der Waals surface area contributed by atoms with Crippen LogP contribution >= 0.6 is 0 Å². The molecule has 0 bridgehead atoms. The molecule has 258 valence electrons. The number of carbonyl (C=O) groups excluding carboxylic acids is 1. The topological polar surface area (TPSA) is 76.4 Å². The van der Waals surface area contributed by atoms with E-state index >= 15 is 8.78 Å². The Morgan fingerprint density at radius 1 is 0.979 bits per heavy atom. The Labute approximate surface area is 279 Å². The molecular weight excluding hydrogens is 599 g/mol. The van der Waals surface area contributed by atoms with Crippen molar-refractivity contribution in [2.75, 3.05) is 18.5 Å². The lowest BCUT2D eigenvalue weighted by atomic mass is 9.82. The van der Waals surface area contributed by atoms with Gasteiger partial charge in [-0.2, -0.15) is 0 Å².